The van der Waals surface area contributed by atoms with Crippen LogP contribution < -0.4 is 10.1 Å². The van der Waals surface area contributed by atoms with Crippen LogP contribution in [0.3, 0.4) is 0 Å². The van der Waals surface area contributed by atoms with E-state index in [-0.39, 0.29) is 11.1 Å². The molecule has 0 aromatic heterocycles. The number of hydrogen-bond donors (Lipinski definition) is 2. The van der Waals surface area contributed by atoms with E-state index in [0.717, 1.165) is 12.1 Å². The van der Waals surface area contributed by atoms with Gasteiger partial charge in [-0.25, -0.2) is 9.18 Å². The van der Waals surface area contributed by atoms with Crippen LogP contribution in [0.5, 0.6) is 5.75 Å². The Bertz CT molecular complexity index is 761. The first-order valence-electron chi connectivity index (χ1n) is 7.90. The van der Waals surface area contributed by atoms with Crippen molar-refractivity contribution < 1.29 is 28.6 Å². The maximum Gasteiger partial charge on any atom is 0.333 e. The van der Waals surface area contributed by atoms with E-state index in [9.17, 15) is 19.1 Å². The van der Waals surface area contributed by atoms with E-state index in [1.165, 1.54) is 31.2 Å². The van der Waals surface area contributed by atoms with Crippen molar-refractivity contribution in [3.63, 3.8) is 0 Å². The molecule has 0 spiro atoms. The van der Waals surface area contributed by atoms with Gasteiger partial charge in [-0.3, -0.25) is 4.79 Å². The monoisotopic (exact) mass is 361 g/mol. The molecule has 0 aliphatic heterocycles. The van der Waals surface area contributed by atoms with Gasteiger partial charge >= 0.3 is 5.97 Å². The molecule has 0 aliphatic carbocycles. The topological polar surface area (TPSA) is 84.9 Å². The van der Waals surface area contributed by atoms with Gasteiger partial charge in [-0.05, 0) is 48.9 Å². The molecule has 0 fully saturated rings. The van der Waals surface area contributed by atoms with Crippen molar-refractivity contribution >= 4 is 11.9 Å². The van der Waals surface area contributed by atoms with Gasteiger partial charge in [0.05, 0.1) is 6.61 Å². The molecule has 0 saturated carbocycles. The van der Waals surface area contributed by atoms with Crippen molar-refractivity contribution in [2.75, 3.05) is 20.3 Å². The van der Waals surface area contributed by atoms with Crippen LogP contribution in [0.25, 0.3) is 0 Å². The zero-order chi connectivity index (χ0) is 19.2. The van der Waals surface area contributed by atoms with Crippen LogP contribution >= 0.6 is 0 Å². The van der Waals surface area contributed by atoms with Gasteiger partial charge < -0.3 is 19.9 Å². The Kier molecular flexibility index (Phi) is 6.30. The summed E-state index contributed by atoms with van der Waals surface area (Å²) in [4.78, 5) is 24.2. The Hall–Kier alpha value is -2.93. The summed E-state index contributed by atoms with van der Waals surface area (Å²) in [6, 6.07) is 11.2. The van der Waals surface area contributed by atoms with Crippen LogP contribution in [-0.4, -0.2) is 37.3 Å². The van der Waals surface area contributed by atoms with Crippen LogP contribution in [0.1, 0.15) is 22.8 Å². The molecule has 1 atom stereocenters. The van der Waals surface area contributed by atoms with Gasteiger partial charge in [-0.15, -0.1) is 0 Å². The molecular formula is C19H20FNO5. The summed E-state index contributed by atoms with van der Waals surface area (Å²) in [6.07, 6.45) is 0. The van der Waals surface area contributed by atoms with Crippen LogP contribution in [0, 0.1) is 5.82 Å². The van der Waals surface area contributed by atoms with Crippen molar-refractivity contribution in [1.29, 1.82) is 0 Å². The number of hydrogen-bond acceptors (Lipinski definition) is 4. The predicted octanol–water partition coefficient (Wildman–Crippen LogP) is 2.58. The second-order valence-corrected chi connectivity index (χ2v) is 5.76. The smallest absolute Gasteiger partial charge is 0.333 e. The van der Waals surface area contributed by atoms with E-state index in [4.69, 9.17) is 9.47 Å². The predicted molar refractivity (Wildman–Crippen MR) is 92.7 cm³/mol. The summed E-state index contributed by atoms with van der Waals surface area (Å²) in [5, 5.41) is 12.1. The summed E-state index contributed by atoms with van der Waals surface area (Å²) in [6.45, 7) is 2.17. The molecule has 0 saturated heterocycles. The number of carboxylic acid groups (broad SMARTS) is 1. The highest BCUT2D eigenvalue weighted by Crippen LogP contribution is 2.23. The number of carbonyl (C=O) groups excluding carboxylic acids is 1. The van der Waals surface area contributed by atoms with Gasteiger partial charge in [0, 0.05) is 12.7 Å². The maximum atomic E-state index is 13.1. The SMILES string of the molecule is COCCOc1ccc(C(=O)NC(C)(C(=O)O)c2ccc(F)cc2)cc1. The molecule has 2 N–H and O–H groups in total. The summed E-state index contributed by atoms with van der Waals surface area (Å²) in [7, 11) is 1.57. The van der Waals surface area contributed by atoms with Crippen molar-refractivity contribution in [1.82, 2.24) is 5.32 Å². The first-order valence-corrected chi connectivity index (χ1v) is 7.90. The fourth-order valence-electron chi connectivity index (χ4n) is 2.28. The second kappa shape index (κ2) is 8.44. The number of nitrogens with one attached hydrogen (secondary N) is 1. The number of carbonyl (C=O) groups is 2. The molecule has 26 heavy (non-hydrogen) atoms. The standard InChI is InChI=1S/C19H20FNO5/c1-19(18(23)24,14-5-7-15(20)8-6-14)21-17(22)13-3-9-16(10-4-13)26-12-11-25-2/h3-10H,11-12H2,1-2H3,(H,21,22)(H,23,24). The fraction of sp³-hybridized carbons (Fsp3) is 0.263. The zero-order valence-electron chi connectivity index (χ0n) is 14.5. The third kappa shape index (κ3) is 4.58. The average molecular weight is 361 g/mol. The van der Waals surface area contributed by atoms with Crippen molar-refractivity contribution in [2.45, 2.75) is 12.5 Å². The molecule has 0 heterocycles. The minimum Gasteiger partial charge on any atom is -0.491 e. The van der Waals surface area contributed by atoms with Gasteiger partial charge in [0.2, 0.25) is 0 Å². The highest BCUT2D eigenvalue weighted by molar-refractivity contribution is 5.98. The summed E-state index contributed by atoms with van der Waals surface area (Å²) >= 11 is 0. The maximum absolute atomic E-state index is 13.1. The van der Waals surface area contributed by atoms with Gasteiger partial charge in [-0.2, -0.15) is 0 Å². The van der Waals surface area contributed by atoms with Crippen LogP contribution in [0.4, 0.5) is 4.39 Å². The van der Waals surface area contributed by atoms with Gasteiger partial charge in [0.15, 0.2) is 5.54 Å². The van der Waals surface area contributed by atoms with Crippen LogP contribution in [0.15, 0.2) is 48.5 Å². The lowest BCUT2D eigenvalue weighted by Gasteiger charge is -2.27. The van der Waals surface area contributed by atoms with Gasteiger partial charge in [-0.1, -0.05) is 12.1 Å². The number of ether oxygens (including phenoxy) is 2. The summed E-state index contributed by atoms with van der Waals surface area (Å²) in [5.74, 6) is -1.74. The minimum atomic E-state index is -1.70. The zero-order valence-corrected chi connectivity index (χ0v) is 14.5. The number of carboxylic acids is 1. The molecule has 2 rings (SSSR count). The molecule has 1 unspecified atom stereocenters. The molecule has 0 aliphatic rings. The lowest BCUT2D eigenvalue weighted by molar-refractivity contribution is -0.144. The fourth-order valence-corrected chi connectivity index (χ4v) is 2.28. The highest BCUT2D eigenvalue weighted by Gasteiger charge is 2.37. The summed E-state index contributed by atoms with van der Waals surface area (Å²) in [5.41, 5.74) is -1.16. The Labute approximate surface area is 150 Å². The third-order valence-corrected chi connectivity index (χ3v) is 3.89. The Balaban J connectivity index is 2.14. The number of rotatable bonds is 8. The van der Waals surface area contributed by atoms with E-state index >= 15 is 0 Å². The van der Waals surface area contributed by atoms with Crippen LogP contribution in [-0.2, 0) is 15.1 Å². The van der Waals surface area contributed by atoms with E-state index in [1.807, 2.05) is 0 Å². The number of amides is 1. The molecule has 7 heteroatoms. The third-order valence-electron chi connectivity index (χ3n) is 3.89. The first-order chi connectivity index (χ1) is 12.4. The molecule has 2 aromatic carbocycles. The van der Waals surface area contributed by atoms with Crippen molar-refractivity contribution in [3.8, 4) is 5.75 Å². The minimum absolute atomic E-state index is 0.263. The van der Waals surface area contributed by atoms with Gasteiger partial charge in [0.25, 0.3) is 5.91 Å². The normalized spacial score (nSPS) is 12.9. The molecule has 0 radical (unpaired) electrons. The highest BCUT2D eigenvalue weighted by atomic mass is 19.1. The van der Waals surface area contributed by atoms with Crippen molar-refractivity contribution in [3.05, 3.63) is 65.5 Å². The number of halogens is 1. The molecule has 6 nitrogen and oxygen atoms in total. The quantitative estimate of drug-likeness (QED) is 0.706. The Morgan fingerprint density at radius 3 is 2.23 bits per heavy atom. The number of benzene rings is 2. The van der Waals surface area contributed by atoms with Crippen molar-refractivity contribution in [2.24, 2.45) is 0 Å². The van der Waals surface area contributed by atoms with E-state index in [1.54, 1.807) is 19.2 Å². The number of methoxy groups -OCH3 is 1. The number of aliphatic carboxylic acids is 1. The summed E-state index contributed by atoms with van der Waals surface area (Å²) < 4.78 is 23.4. The molecule has 0 bridgehead atoms. The lowest BCUT2D eigenvalue weighted by atomic mass is 9.91. The molecular weight excluding hydrogens is 341 g/mol. The molecule has 1 amide bonds. The first kappa shape index (κ1) is 19.4. The average Bonchev–Trinajstić information content (AvgIpc) is 2.62. The molecule has 2 aromatic rings. The van der Waals surface area contributed by atoms with E-state index in [2.05, 4.69) is 5.32 Å². The second-order valence-electron chi connectivity index (χ2n) is 5.76. The van der Waals surface area contributed by atoms with Crippen LogP contribution in [0.2, 0.25) is 0 Å². The van der Waals surface area contributed by atoms with E-state index in [0.29, 0.717) is 19.0 Å². The Morgan fingerprint density at radius 1 is 1.08 bits per heavy atom. The lowest BCUT2D eigenvalue weighted by Crippen LogP contribution is -2.49. The Morgan fingerprint density at radius 2 is 1.69 bits per heavy atom. The largest absolute Gasteiger partial charge is 0.491 e. The van der Waals surface area contributed by atoms with Gasteiger partial charge in [0.1, 0.15) is 18.2 Å². The molecule has 138 valence electrons. The van der Waals surface area contributed by atoms with E-state index < -0.39 is 23.2 Å².